The largest absolute Gasteiger partial charge is 0.573 e. The highest BCUT2D eigenvalue weighted by Gasteiger charge is 2.31. The van der Waals surface area contributed by atoms with E-state index < -0.39 is 6.36 Å². The number of hydrogen-bond acceptors (Lipinski definition) is 3. The summed E-state index contributed by atoms with van der Waals surface area (Å²) in [5.74, 6) is 1.35. The zero-order valence-corrected chi connectivity index (χ0v) is 16.5. The summed E-state index contributed by atoms with van der Waals surface area (Å²) < 4.78 is 46.9. The molecule has 3 rings (SSSR count). The lowest BCUT2D eigenvalue weighted by Crippen LogP contribution is -2.25. The van der Waals surface area contributed by atoms with Gasteiger partial charge in [-0.25, -0.2) is 0 Å². The number of allylic oxidation sites excluding steroid dienone is 2. The number of alkyl halides is 3. The Labute approximate surface area is 170 Å². The van der Waals surface area contributed by atoms with Crippen molar-refractivity contribution in [2.45, 2.75) is 69.8 Å². The number of halogens is 3. The standard InChI is InChI=1S/C23H28F3NO2/c24-23(25,26)29-22-13-9-20(10-14-22)19-7-11-21(12-8-19)28-16-18-5-3-17(4-6-18)2-1-15-27/h1-2,9-10,13-14,17-19,21H,3-8,11-12,16H2/b2-1+. The molecule has 0 bridgehead atoms. The number of benzene rings is 1. The Morgan fingerprint density at radius 3 is 2.21 bits per heavy atom. The highest BCUT2D eigenvalue weighted by atomic mass is 19.4. The van der Waals surface area contributed by atoms with Crippen molar-refractivity contribution in [3.63, 3.8) is 0 Å². The third kappa shape index (κ3) is 7.08. The van der Waals surface area contributed by atoms with Crippen LogP contribution in [0.2, 0.25) is 0 Å². The van der Waals surface area contributed by atoms with Crippen LogP contribution in [0.5, 0.6) is 5.75 Å². The lowest BCUT2D eigenvalue weighted by atomic mass is 9.81. The highest BCUT2D eigenvalue weighted by molar-refractivity contribution is 5.29. The number of nitrogens with zero attached hydrogens (tertiary/aromatic N) is 1. The molecule has 0 aliphatic heterocycles. The van der Waals surface area contributed by atoms with Crippen LogP contribution in [0.15, 0.2) is 36.4 Å². The summed E-state index contributed by atoms with van der Waals surface area (Å²) in [5.41, 5.74) is 1.07. The maximum atomic E-state index is 12.3. The molecule has 2 saturated carbocycles. The summed E-state index contributed by atoms with van der Waals surface area (Å²) in [7, 11) is 0. The first-order valence-electron chi connectivity index (χ1n) is 10.5. The zero-order valence-electron chi connectivity index (χ0n) is 16.5. The second-order valence-corrected chi connectivity index (χ2v) is 8.19. The van der Waals surface area contributed by atoms with E-state index in [2.05, 4.69) is 10.8 Å². The van der Waals surface area contributed by atoms with Crippen molar-refractivity contribution in [1.82, 2.24) is 0 Å². The van der Waals surface area contributed by atoms with Gasteiger partial charge in [0, 0.05) is 12.7 Å². The first-order valence-corrected chi connectivity index (χ1v) is 10.5. The minimum atomic E-state index is -4.65. The smallest absolute Gasteiger partial charge is 0.406 e. The molecule has 2 aliphatic carbocycles. The second kappa shape index (κ2) is 10.2. The quantitative estimate of drug-likeness (QED) is 0.505. The summed E-state index contributed by atoms with van der Waals surface area (Å²) in [4.78, 5) is 0. The molecule has 0 spiro atoms. The van der Waals surface area contributed by atoms with Crippen molar-refractivity contribution in [3.8, 4) is 11.8 Å². The fourth-order valence-electron chi connectivity index (χ4n) is 4.50. The van der Waals surface area contributed by atoms with E-state index in [4.69, 9.17) is 10.00 Å². The normalized spacial score (nSPS) is 28.2. The van der Waals surface area contributed by atoms with Crippen LogP contribution in [0.1, 0.15) is 62.8 Å². The van der Waals surface area contributed by atoms with Gasteiger partial charge in [0.2, 0.25) is 0 Å². The molecule has 0 unspecified atom stereocenters. The van der Waals surface area contributed by atoms with Crippen LogP contribution >= 0.6 is 0 Å². The Morgan fingerprint density at radius 1 is 0.966 bits per heavy atom. The Morgan fingerprint density at radius 2 is 1.62 bits per heavy atom. The van der Waals surface area contributed by atoms with E-state index in [0.717, 1.165) is 63.5 Å². The van der Waals surface area contributed by atoms with Crippen LogP contribution in [0.25, 0.3) is 0 Å². The Bertz CT molecular complexity index is 692. The third-order valence-corrected chi connectivity index (χ3v) is 6.16. The van der Waals surface area contributed by atoms with Crippen molar-refractivity contribution < 1.29 is 22.6 Å². The molecule has 2 aliphatic rings. The van der Waals surface area contributed by atoms with Gasteiger partial charge in [-0.05, 0) is 86.8 Å². The van der Waals surface area contributed by atoms with Gasteiger partial charge in [0.25, 0.3) is 0 Å². The van der Waals surface area contributed by atoms with Crippen molar-refractivity contribution in [2.24, 2.45) is 11.8 Å². The van der Waals surface area contributed by atoms with Crippen molar-refractivity contribution in [3.05, 3.63) is 42.0 Å². The van der Waals surface area contributed by atoms with Gasteiger partial charge in [-0.2, -0.15) is 5.26 Å². The molecule has 1 aromatic rings. The van der Waals surface area contributed by atoms with Gasteiger partial charge in [-0.3, -0.25) is 0 Å². The molecule has 6 heteroatoms. The summed E-state index contributed by atoms with van der Waals surface area (Å²) in [6, 6.07) is 8.34. The van der Waals surface area contributed by atoms with Gasteiger partial charge in [-0.15, -0.1) is 13.2 Å². The molecule has 2 fully saturated rings. The Hall–Kier alpha value is -2.00. The summed E-state index contributed by atoms with van der Waals surface area (Å²) in [6.07, 6.45) is 7.81. The summed E-state index contributed by atoms with van der Waals surface area (Å²) >= 11 is 0. The molecule has 0 N–H and O–H groups in total. The van der Waals surface area contributed by atoms with E-state index in [1.165, 1.54) is 12.1 Å². The number of rotatable bonds is 6. The van der Waals surface area contributed by atoms with E-state index in [1.807, 2.05) is 6.08 Å². The lowest BCUT2D eigenvalue weighted by molar-refractivity contribution is -0.274. The second-order valence-electron chi connectivity index (χ2n) is 8.19. The summed E-state index contributed by atoms with van der Waals surface area (Å²) in [6.45, 7) is 0.813. The van der Waals surface area contributed by atoms with Gasteiger partial charge >= 0.3 is 6.36 Å². The maximum Gasteiger partial charge on any atom is 0.573 e. The molecule has 158 valence electrons. The van der Waals surface area contributed by atoms with Crippen LogP contribution in [0.3, 0.4) is 0 Å². The monoisotopic (exact) mass is 407 g/mol. The molecule has 1 aromatic carbocycles. The molecular formula is C23H28F3NO2. The SMILES string of the molecule is N#C/C=C/C1CCC(COC2CCC(c3ccc(OC(F)(F)F)cc3)CC2)CC1. The number of hydrogen-bond donors (Lipinski definition) is 0. The molecule has 0 saturated heterocycles. The van der Waals surface area contributed by atoms with Gasteiger partial charge in [0.15, 0.2) is 0 Å². The number of ether oxygens (including phenoxy) is 2. The van der Waals surface area contributed by atoms with Gasteiger partial charge in [0.05, 0.1) is 12.2 Å². The topological polar surface area (TPSA) is 42.2 Å². The van der Waals surface area contributed by atoms with Crippen LogP contribution in [0.4, 0.5) is 13.2 Å². The predicted molar refractivity (Wildman–Crippen MR) is 104 cm³/mol. The predicted octanol–water partition coefficient (Wildman–Crippen LogP) is 6.51. The van der Waals surface area contributed by atoms with E-state index in [-0.39, 0.29) is 11.9 Å². The first kappa shape index (κ1) is 21.7. The van der Waals surface area contributed by atoms with E-state index in [9.17, 15) is 13.2 Å². The van der Waals surface area contributed by atoms with Crippen molar-refractivity contribution in [2.75, 3.05) is 6.61 Å². The maximum absolute atomic E-state index is 12.3. The Balaban J connectivity index is 1.37. The van der Waals surface area contributed by atoms with Gasteiger partial charge in [0.1, 0.15) is 5.75 Å². The van der Waals surface area contributed by atoms with E-state index in [0.29, 0.717) is 17.8 Å². The average molecular weight is 407 g/mol. The molecule has 3 nitrogen and oxygen atoms in total. The van der Waals surface area contributed by atoms with Crippen LogP contribution in [-0.4, -0.2) is 19.1 Å². The highest BCUT2D eigenvalue weighted by Crippen LogP contribution is 2.36. The van der Waals surface area contributed by atoms with Crippen molar-refractivity contribution in [1.29, 1.82) is 5.26 Å². The van der Waals surface area contributed by atoms with Crippen LogP contribution in [-0.2, 0) is 4.74 Å². The molecule has 0 aromatic heterocycles. The first-order chi connectivity index (χ1) is 13.9. The van der Waals surface area contributed by atoms with E-state index in [1.54, 1.807) is 18.2 Å². The molecular weight excluding hydrogens is 379 g/mol. The minimum absolute atomic E-state index is 0.170. The Kier molecular flexibility index (Phi) is 7.60. The molecule has 29 heavy (non-hydrogen) atoms. The summed E-state index contributed by atoms with van der Waals surface area (Å²) in [5, 5.41) is 8.62. The van der Waals surface area contributed by atoms with Crippen LogP contribution in [0, 0.1) is 23.2 Å². The van der Waals surface area contributed by atoms with E-state index >= 15 is 0 Å². The fourth-order valence-corrected chi connectivity index (χ4v) is 4.50. The molecule has 0 amide bonds. The molecule has 0 heterocycles. The zero-order chi connectivity index (χ0) is 20.7. The number of nitriles is 1. The third-order valence-electron chi connectivity index (χ3n) is 6.16. The van der Waals surface area contributed by atoms with Crippen LogP contribution < -0.4 is 4.74 Å². The average Bonchev–Trinajstić information content (AvgIpc) is 2.71. The fraction of sp³-hybridized carbons (Fsp3) is 0.609. The van der Waals surface area contributed by atoms with Crippen molar-refractivity contribution >= 4 is 0 Å². The molecule has 0 radical (unpaired) electrons. The van der Waals surface area contributed by atoms with Gasteiger partial charge < -0.3 is 9.47 Å². The molecule has 0 atom stereocenters. The van der Waals surface area contributed by atoms with Gasteiger partial charge in [-0.1, -0.05) is 18.2 Å². The minimum Gasteiger partial charge on any atom is -0.406 e. The lowest BCUT2D eigenvalue weighted by Gasteiger charge is -2.32.